The van der Waals surface area contributed by atoms with E-state index >= 15 is 0 Å². The van der Waals surface area contributed by atoms with E-state index in [4.69, 9.17) is 4.74 Å². The van der Waals surface area contributed by atoms with Crippen LogP contribution in [-0.2, 0) is 4.79 Å². The van der Waals surface area contributed by atoms with Crippen LogP contribution in [-0.4, -0.2) is 25.2 Å². The maximum absolute atomic E-state index is 11.9. The highest BCUT2D eigenvalue weighted by molar-refractivity contribution is 5.92. The van der Waals surface area contributed by atoms with E-state index in [0.29, 0.717) is 17.9 Å². The number of para-hydroxylation sites is 1. The molecule has 0 aromatic heterocycles. The quantitative estimate of drug-likeness (QED) is 0.838. The number of rotatable bonds is 5. The zero-order valence-electron chi connectivity index (χ0n) is 10.3. The number of halogens is 3. The highest BCUT2D eigenvalue weighted by Crippen LogP contribution is 2.19. The van der Waals surface area contributed by atoms with Crippen LogP contribution in [0.4, 0.5) is 13.2 Å². The van der Waals surface area contributed by atoms with Gasteiger partial charge in [-0.2, -0.15) is 13.2 Å². The summed E-state index contributed by atoms with van der Waals surface area (Å²) in [5, 5.41) is 1.75. The van der Waals surface area contributed by atoms with Crippen molar-refractivity contribution in [2.24, 2.45) is 0 Å². The molecule has 6 heteroatoms. The fourth-order valence-corrected chi connectivity index (χ4v) is 1.32. The lowest BCUT2D eigenvalue weighted by atomic mass is 10.2. The van der Waals surface area contributed by atoms with Gasteiger partial charge in [0, 0.05) is 11.6 Å². The van der Waals surface area contributed by atoms with E-state index in [0.717, 1.165) is 6.08 Å². The Labute approximate surface area is 109 Å². The number of carbonyl (C=O) groups is 1. The van der Waals surface area contributed by atoms with E-state index in [1.165, 1.54) is 6.08 Å². The Morgan fingerprint density at radius 1 is 1.37 bits per heavy atom. The molecular weight excluding hydrogens is 259 g/mol. The molecule has 1 rings (SSSR count). The minimum Gasteiger partial charge on any atom is -0.493 e. The molecule has 1 N–H and O–H groups in total. The SMILES string of the molecule is CCOc1ccccc1/C=C/C(=O)NCC(F)(F)F. The standard InChI is InChI=1S/C13H14F3NO2/c1-2-19-11-6-4-3-5-10(11)7-8-12(18)17-9-13(14,15)16/h3-8H,2,9H2,1H3,(H,17,18)/b8-7+. The van der Waals surface area contributed by atoms with Crippen LogP contribution in [0.25, 0.3) is 6.08 Å². The summed E-state index contributed by atoms with van der Waals surface area (Å²) in [6, 6.07) is 6.94. The lowest BCUT2D eigenvalue weighted by Crippen LogP contribution is -2.32. The minimum atomic E-state index is -4.41. The molecule has 0 bridgehead atoms. The van der Waals surface area contributed by atoms with Crippen molar-refractivity contribution < 1.29 is 22.7 Å². The van der Waals surface area contributed by atoms with Gasteiger partial charge in [0.2, 0.25) is 5.91 Å². The van der Waals surface area contributed by atoms with Crippen molar-refractivity contribution in [3.8, 4) is 5.75 Å². The lowest BCUT2D eigenvalue weighted by Gasteiger charge is -2.07. The molecule has 1 aromatic rings. The van der Waals surface area contributed by atoms with Gasteiger partial charge in [-0.3, -0.25) is 4.79 Å². The van der Waals surface area contributed by atoms with Gasteiger partial charge in [-0.15, -0.1) is 0 Å². The second-order valence-electron chi connectivity index (χ2n) is 3.64. The first kappa shape index (κ1) is 15.1. The second-order valence-corrected chi connectivity index (χ2v) is 3.64. The third kappa shape index (κ3) is 5.94. The Bertz CT molecular complexity index is 455. The molecule has 0 aliphatic heterocycles. The second kappa shape index (κ2) is 6.82. The van der Waals surface area contributed by atoms with Gasteiger partial charge in [-0.1, -0.05) is 18.2 Å². The normalized spacial score (nSPS) is 11.6. The summed E-state index contributed by atoms with van der Waals surface area (Å²) in [6.07, 6.45) is -1.95. The first-order valence-electron chi connectivity index (χ1n) is 5.67. The number of amides is 1. The van der Waals surface area contributed by atoms with Gasteiger partial charge in [0.1, 0.15) is 12.3 Å². The molecule has 19 heavy (non-hydrogen) atoms. The Morgan fingerprint density at radius 3 is 2.68 bits per heavy atom. The number of carbonyl (C=O) groups excluding carboxylic acids is 1. The number of alkyl halides is 3. The molecule has 3 nitrogen and oxygen atoms in total. The average Bonchev–Trinajstić information content (AvgIpc) is 2.35. The number of ether oxygens (including phenoxy) is 1. The molecule has 0 saturated heterocycles. The molecule has 0 saturated carbocycles. The van der Waals surface area contributed by atoms with Crippen molar-refractivity contribution in [3.05, 3.63) is 35.9 Å². The van der Waals surface area contributed by atoms with Crippen LogP contribution in [0.3, 0.4) is 0 Å². The first-order chi connectivity index (χ1) is 8.92. The van der Waals surface area contributed by atoms with Gasteiger partial charge in [-0.25, -0.2) is 0 Å². The Morgan fingerprint density at radius 2 is 2.05 bits per heavy atom. The van der Waals surface area contributed by atoms with Gasteiger partial charge in [0.15, 0.2) is 0 Å². The molecule has 0 aliphatic rings. The lowest BCUT2D eigenvalue weighted by molar-refractivity contribution is -0.135. The molecule has 0 atom stereocenters. The fourth-order valence-electron chi connectivity index (χ4n) is 1.32. The van der Waals surface area contributed by atoms with Crippen molar-refractivity contribution in [1.29, 1.82) is 0 Å². The van der Waals surface area contributed by atoms with E-state index in [2.05, 4.69) is 0 Å². The third-order valence-electron chi connectivity index (χ3n) is 2.10. The first-order valence-corrected chi connectivity index (χ1v) is 5.67. The maximum atomic E-state index is 11.9. The fraction of sp³-hybridized carbons (Fsp3) is 0.308. The van der Waals surface area contributed by atoms with Crippen LogP contribution >= 0.6 is 0 Å². The minimum absolute atomic E-state index is 0.463. The van der Waals surface area contributed by atoms with Gasteiger partial charge < -0.3 is 10.1 Å². The van der Waals surface area contributed by atoms with E-state index in [1.807, 2.05) is 6.92 Å². The van der Waals surface area contributed by atoms with Crippen LogP contribution in [0, 0.1) is 0 Å². The maximum Gasteiger partial charge on any atom is 0.405 e. The molecule has 104 valence electrons. The van der Waals surface area contributed by atoms with Crippen LogP contribution in [0.15, 0.2) is 30.3 Å². The molecule has 0 fully saturated rings. The van der Waals surface area contributed by atoms with Gasteiger partial charge >= 0.3 is 6.18 Å². The van der Waals surface area contributed by atoms with Gasteiger partial charge in [-0.05, 0) is 19.1 Å². The Kier molecular flexibility index (Phi) is 5.41. The van der Waals surface area contributed by atoms with Gasteiger partial charge in [0.25, 0.3) is 0 Å². The highest BCUT2D eigenvalue weighted by Gasteiger charge is 2.27. The number of hydrogen-bond donors (Lipinski definition) is 1. The summed E-state index contributed by atoms with van der Waals surface area (Å²) in [4.78, 5) is 11.2. The smallest absolute Gasteiger partial charge is 0.405 e. The number of nitrogens with one attached hydrogen (secondary N) is 1. The molecule has 0 radical (unpaired) electrons. The van der Waals surface area contributed by atoms with E-state index in [1.54, 1.807) is 29.6 Å². The van der Waals surface area contributed by atoms with Crippen LogP contribution in [0.2, 0.25) is 0 Å². The molecule has 0 heterocycles. The van der Waals surface area contributed by atoms with Crippen LogP contribution < -0.4 is 10.1 Å². The van der Waals surface area contributed by atoms with Crippen molar-refractivity contribution in [3.63, 3.8) is 0 Å². The largest absolute Gasteiger partial charge is 0.493 e. The third-order valence-corrected chi connectivity index (χ3v) is 2.10. The molecule has 0 spiro atoms. The zero-order valence-corrected chi connectivity index (χ0v) is 10.3. The highest BCUT2D eigenvalue weighted by atomic mass is 19.4. The summed E-state index contributed by atoms with van der Waals surface area (Å²) in [5.41, 5.74) is 0.631. The average molecular weight is 273 g/mol. The van der Waals surface area contributed by atoms with Crippen molar-refractivity contribution >= 4 is 12.0 Å². The van der Waals surface area contributed by atoms with Crippen molar-refractivity contribution in [2.45, 2.75) is 13.1 Å². The molecule has 1 aromatic carbocycles. The molecule has 0 aliphatic carbocycles. The number of hydrogen-bond acceptors (Lipinski definition) is 2. The van der Waals surface area contributed by atoms with Crippen molar-refractivity contribution in [1.82, 2.24) is 5.32 Å². The van der Waals surface area contributed by atoms with E-state index < -0.39 is 18.6 Å². The van der Waals surface area contributed by atoms with E-state index in [-0.39, 0.29) is 0 Å². The summed E-state index contributed by atoms with van der Waals surface area (Å²) >= 11 is 0. The Hall–Kier alpha value is -1.98. The summed E-state index contributed by atoms with van der Waals surface area (Å²) < 4.78 is 41.0. The van der Waals surface area contributed by atoms with Gasteiger partial charge in [0.05, 0.1) is 6.61 Å². The monoisotopic (exact) mass is 273 g/mol. The van der Waals surface area contributed by atoms with Crippen LogP contribution in [0.5, 0.6) is 5.75 Å². The Balaban J connectivity index is 2.63. The topological polar surface area (TPSA) is 38.3 Å². The summed E-state index contributed by atoms with van der Waals surface area (Å²) in [5.74, 6) is -0.228. The molecule has 1 amide bonds. The number of benzene rings is 1. The molecule has 0 unspecified atom stereocenters. The van der Waals surface area contributed by atoms with E-state index in [9.17, 15) is 18.0 Å². The predicted molar refractivity (Wildman–Crippen MR) is 65.7 cm³/mol. The predicted octanol–water partition coefficient (Wildman–Crippen LogP) is 2.78. The van der Waals surface area contributed by atoms with Crippen LogP contribution in [0.1, 0.15) is 12.5 Å². The zero-order chi connectivity index (χ0) is 14.3. The summed E-state index contributed by atoms with van der Waals surface area (Å²) in [7, 11) is 0. The van der Waals surface area contributed by atoms with Crippen molar-refractivity contribution in [2.75, 3.05) is 13.2 Å². The molecular formula is C13H14F3NO2. The summed E-state index contributed by atoms with van der Waals surface area (Å²) in [6.45, 7) is 0.935.